The zero-order valence-corrected chi connectivity index (χ0v) is 10.8. The predicted octanol–water partition coefficient (Wildman–Crippen LogP) is 2.11. The van der Waals surface area contributed by atoms with Gasteiger partial charge in [-0.15, -0.1) is 0 Å². The van der Waals surface area contributed by atoms with Crippen LogP contribution in [0.1, 0.15) is 12.5 Å². The van der Waals surface area contributed by atoms with Gasteiger partial charge in [-0.3, -0.25) is 0 Å². The van der Waals surface area contributed by atoms with Crippen molar-refractivity contribution in [3.63, 3.8) is 0 Å². The Morgan fingerprint density at radius 1 is 1.39 bits per heavy atom. The summed E-state index contributed by atoms with van der Waals surface area (Å²) in [5.74, 6) is 0.243. The van der Waals surface area contributed by atoms with Gasteiger partial charge in [0.2, 0.25) is 0 Å². The Hall–Kier alpha value is -1.16. The maximum atomic E-state index is 9.00. The summed E-state index contributed by atoms with van der Waals surface area (Å²) in [6, 6.07) is 10.1. The highest BCUT2D eigenvalue weighted by atomic mass is 16.6. The highest BCUT2D eigenvalue weighted by molar-refractivity contribution is 5.49. The van der Waals surface area contributed by atoms with E-state index in [0.29, 0.717) is 0 Å². The van der Waals surface area contributed by atoms with Crippen LogP contribution in [-0.2, 0) is 9.47 Å². The molecule has 98 valence electrons. The molecule has 1 heterocycles. The molecule has 18 heavy (non-hydrogen) atoms. The lowest BCUT2D eigenvalue weighted by Crippen LogP contribution is -2.24. The maximum Gasteiger partial charge on any atom is 0.108 e. The van der Waals surface area contributed by atoms with Crippen LogP contribution in [0, 0.1) is 5.92 Å². The van der Waals surface area contributed by atoms with Crippen LogP contribution in [0.5, 0.6) is 0 Å². The van der Waals surface area contributed by atoms with Crippen LogP contribution in [0.2, 0.25) is 0 Å². The Bertz CT molecular complexity index is 388. The number of ether oxygens (including phenoxy) is 2. The van der Waals surface area contributed by atoms with E-state index in [0.717, 1.165) is 5.56 Å². The zero-order chi connectivity index (χ0) is 13.0. The van der Waals surface area contributed by atoms with Crippen LogP contribution in [0.3, 0.4) is 0 Å². The van der Waals surface area contributed by atoms with E-state index < -0.39 is 0 Å². The standard InChI is InChI=1S/C15H20O3/c1-11(15-14(10-16)18-15)13(17-2)9-8-12-6-4-3-5-7-12/h3-9,11,13-16H,10H2,1-2H3/b9-8+/t11-,13+,14-,15-/m1/s1. The molecular formula is C15H20O3. The molecule has 4 atom stereocenters. The Morgan fingerprint density at radius 2 is 2.11 bits per heavy atom. The minimum absolute atomic E-state index is 0.00626. The molecule has 0 aromatic heterocycles. The number of rotatable bonds is 6. The lowest BCUT2D eigenvalue weighted by atomic mass is 9.97. The van der Waals surface area contributed by atoms with Gasteiger partial charge in [0.05, 0.1) is 18.8 Å². The third-order valence-electron chi connectivity index (χ3n) is 3.39. The van der Waals surface area contributed by atoms with Gasteiger partial charge in [0.1, 0.15) is 6.10 Å². The van der Waals surface area contributed by atoms with Crippen molar-refractivity contribution in [3.05, 3.63) is 42.0 Å². The smallest absolute Gasteiger partial charge is 0.108 e. The van der Waals surface area contributed by atoms with Gasteiger partial charge in [-0.05, 0) is 5.56 Å². The average Bonchev–Trinajstić information content (AvgIpc) is 3.20. The Balaban J connectivity index is 1.95. The van der Waals surface area contributed by atoms with Crippen molar-refractivity contribution < 1.29 is 14.6 Å². The van der Waals surface area contributed by atoms with Crippen molar-refractivity contribution in [2.45, 2.75) is 25.2 Å². The third kappa shape index (κ3) is 3.19. The molecule has 3 heteroatoms. The van der Waals surface area contributed by atoms with Gasteiger partial charge in [-0.1, -0.05) is 49.4 Å². The molecule has 1 fully saturated rings. The van der Waals surface area contributed by atoms with Gasteiger partial charge in [0, 0.05) is 13.0 Å². The zero-order valence-electron chi connectivity index (χ0n) is 10.8. The van der Waals surface area contributed by atoms with Crippen LogP contribution >= 0.6 is 0 Å². The highest BCUT2D eigenvalue weighted by Gasteiger charge is 2.44. The summed E-state index contributed by atoms with van der Waals surface area (Å²) >= 11 is 0. The van der Waals surface area contributed by atoms with Crippen molar-refractivity contribution in [3.8, 4) is 0 Å². The van der Waals surface area contributed by atoms with E-state index in [9.17, 15) is 0 Å². The van der Waals surface area contributed by atoms with Crippen LogP contribution < -0.4 is 0 Å². The monoisotopic (exact) mass is 248 g/mol. The number of hydrogen-bond donors (Lipinski definition) is 1. The fraction of sp³-hybridized carbons (Fsp3) is 0.467. The van der Waals surface area contributed by atoms with E-state index >= 15 is 0 Å². The fourth-order valence-electron chi connectivity index (χ4n) is 2.19. The van der Waals surface area contributed by atoms with E-state index in [-0.39, 0.29) is 30.8 Å². The summed E-state index contributed by atoms with van der Waals surface area (Å²) in [7, 11) is 1.70. The first-order chi connectivity index (χ1) is 8.76. The SMILES string of the molecule is CO[C@@H](/C=C/c1ccccc1)[C@@H](C)[C@H]1O[C@@H]1CO. The molecule has 0 unspecified atom stereocenters. The number of hydrogen-bond acceptors (Lipinski definition) is 3. The molecule has 0 aliphatic carbocycles. The molecule has 0 amide bonds. The second kappa shape index (κ2) is 6.14. The molecule has 1 saturated heterocycles. The number of epoxide rings is 1. The summed E-state index contributed by atoms with van der Waals surface area (Å²) < 4.78 is 10.9. The molecule has 0 spiro atoms. The lowest BCUT2D eigenvalue weighted by molar-refractivity contribution is 0.0838. The molecular weight excluding hydrogens is 228 g/mol. The van der Waals surface area contributed by atoms with E-state index in [4.69, 9.17) is 14.6 Å². The van der Waals surface area contributed by atoms with Crippen LogP contribution in [-0.4, -0.2) is 37.1 Å². The van der Waals surface area contributed by atoms with E-state index in [1.165, 1.54) is 0 Å². The maximum absolute atomic E-state index is 9.00. The summed E-state index contributed by atoms with van der Waals surface area (Å²) in [6.07, 6.45) is 4.21. The topological polar surface area (TPSA) is 42.0 Å². The van der Waals surface area contributed by atoms with Crippen molar-refractivity contribution in [1.82, 2.24) is 0 Å². The average molecular weight is 248 g/mol. The first-order valence-corrected chi connectivity index (χ1v) is 6.28. The van der Waals surface area contributed by atoms with Gasteiger partial charge in [-0.2, -0.15) is 0 Å². The molecule has 1 aliphatic rings. The first-order valence-electron chi connectivity index (χ1n) is 6.28. The molecule has 1 N–H and O–H groups in total. The Labute approximate surface area is 108 Å². The summed E-state index contributed by atoms with van der Waals surface area (Å²) in [5.41, 5.74) is 1.15. The van der Waals surface area contributed by atoms with Crippen LogP contribution in [0.4, 0.5) is 0 Å². The first kappa shape index (κ1) is 13.3. The highest BCUT2D eigenvalue weighted by Crippen LogP contribution is 2.32. The third-order valence-corrected chi connectivity index (χ3v) is 3.39. The second-order valence-electron chi connectivity index (χ2n) is 4.65. The van der Waals surface area contributed by atoms with Gasteiger partial charge >= 0.3 is 0 Å². The molecule has 1 aromatic rings. The molecule has 2 rings (SSSR count). The number of benzene rings is 1. The van der Waals surface area contributed by atoms with E-state index in [2.05, 4.69) is 31.2 Å². The molecule has 0 saturated carbocycles. The Kier molecular flexibility index (Phi) is 4.53. The predicted molar refractivity (Wildman–Crippen MR) is 71.2 cm³/mol. The van der Waals surface area contributed by atoms with Crippen LogP contribution in [0.15, 0.2) is 36.4 Å². The van der Waals surface area contributed by atoms with Crippen molar-refractivity contribution in [1.29, 1.82) is 0 Å². The van der Waals surface area contributed by atoms with Gasteiger partial charge in [0.15, 0.2) is 0 Å². The Morgan fingerprint density at radius 3 is 2.67 bits per heavy atom. The molecule has 1 aromatic carbocycles. The van der Waals surface area contributed by atoms with Crippen molar-refractivity contribution in [2.24, 2.45) is 5.92 Å². The van der Waals surface area contributed by atoms with Crippen molar-refractivity contribution in [2.75, 3.05) is 13.7 Å². The van der Waals surface area contributed by atoms with E-state index in [1.54, 1.807) is 7.11 Å². The number of methoxy groups -OCH3 is 1. The fourth-order valence-corrected chi connectivity index (χ4v) is 2.19. The second-order valence-corrected chi connectivity index (χ2v) is 4.65. The van der Waals surface area contributed by atoms with Crippen molar-refractivity contribution >= 4 is 6.08 Å². The lowest BCUT2D eigenvalue weighted by Gasteiger charge is -2.17. The normalized spacial score (nSPS) is 26.2. The van der Waals surface area contributed by atoms with E-state index in [1.807, 2.05) is 18.2 Å². The number of aliphatic hydroxyl groups excluding tert-OH is 1. The molecule has 0 bridgehead atoms. The summed E-state index contributed by atoms with van der Waals surface area (Å²) in [6.45, 7) is 2.18. The minimum Gasteiger partial charge on any atom is -0.394 e. The quantitative estimate of drug-likeness (QED) is 0.784. The van der Waals surface area contributed by atoms with Gasteiger partial charge in [-0.25, -0.2) is 0 Å². The molecule has 3 nitrogen and oxygen atoms in total. The van der Waals surface area contributed by atoms with Crippen LogP contribution in [0.25, 0.3) is 6.08 Å². The number of aliphatic hydroxyl groups is 1. The minimum atomic E-state index is -0.0113. The molecule has 0 radical (unpaired) electrons. The summed E-state index contributed by atoms with van der Waals surface area (Å²) in [4.78, 5) is 0. The largest absolute Gasteiger partial charge is 0.394 e. The van der Waals surface area contributed by atoms with Gasteiger partial charge < -0.3 is 14.6 Å². The molecule has 1 aliphatic heterocycles. The van der Waals surface area contributed by atoms with Gasteiger partial charge in [0.25, 0.3) is 0 Å². The summed E-state index contributed by atoms with van der Waals surface area (Å²) in [5, 5.41) is 9.00.